The Morgan fingerprint density at radius 2 is 1.96 bits per heavy atom. The Balaban J connectivity index is 1.50. The van der Waals surface area contributed by atoms with Crippen LogP contribution >= 0.6 is 34.3 Å². The van der Waals surface area contributed by atoms with Gasteiger partial charge in [0, 0.05) is 20.8 Å². The number of aromatic nitrogens is 1. The summed E-state index contributed by atoms with van der Waals surface area (Å²) in [7, 11) is 0. The molecular weight excluding hydrogens is 360 g/mol. The molecule has 1 aliphatic rings. The molecule has 0 atom stereocenters. The molecule has 0 saturated heterocycles. The van der Waals surface area contributed by atoms with E-state index in [2.05, 4.69) is 10.3 Å². The van der Waals surface area contributed by atoms with E-state index in [0.29, 0.717) is 10.2 Å². The number of anilines is 1. The topological polar surface area (TPSA) is 42.0 Å². The number of hydrogen-bond acceptors (Lipinski definition) is 4. The van der Waals surface area contributed by atoms with E-state index in [0.717, 1.165) is 29.0 Å². The van der Waals surface area contributed by atoms with Crippen LogP contribution in [-0.2, 0) is 12.8 Å². The van der Waals surface area contributed by atoms with Crippen molar-refractivity contribution in [2.75, 3.05) is 5.32 Å². The summed E-state index contributed by atoms with van der Waals surface area (Å²) in [6.07, 6.45) is 4.65. The smallest absolute Gasteiger partial charge is 0.267 e. The van der Waals surface area contributed by atoms with Crippen LogP contribution in [0.4, 0.5) is 5.13 Å². The molecule has 4 rings (SSSR count). The molecule has 122 valence electrons. The van der Waals surface area contributed by atoms with Crippen molar-refractivity contribution in [3.8, 4) is 11.3 Å². The van der Waals surface area contributed by atoms with Crippen molar-refractivity contribution in [3.63, 3.8) is 0 Å². The number of carbonyl (C=O) groups is 1. The van der Waals surface area contributed by atoms with E-state index >= 15 is 0 Å². The fourth-order valence-corrected chi connectivity index (χ4v) is 4.84. The SMILES string of the molecule is O=C(Nc1nc(-c2ccc(Cl)cc2)cs1)c1cc2c(s1)CCCC2. The fourth-order valence-electron chi connectivity index (χ4n) is 2.85. The Morgan fingerprint density at radius 1 is 1.17 bits per heavy atom. The van der Waals surface area contributed by atoms with Crippen molar-refractivity contribution in [2.45, 2.75) is 25.7 Å². The number of halogens is 1. The second-order valence-electron chi connectivity index (χ2n) is 5.77. The van der Waals surface area contributed by atoms with Gasteiger partial charge >= 0.3 is 0 Å². The highest BCUT2D eigenvalue weighted by molar-refractivity contribution is 7.15. The normalized spacial score (nSPS) is 13.5. The number of rotatable bonds is 3. The molecular formula is C18H15ClN2OS2. The Kier molecular flexibility index (Phi) is 4.39. The molecule has 3 nitrogen and oxygen atoms in total. The van der Waals surface area contributed by atoms with Gasteiger partial charge in [0.1, 0.15) is 0 Å². The lowest BCUT2D eigenvalue weighted by Crippen LogP contribution is -2.09. The van der Waals surface area contributed by atoms with Crippen LogP contribution in [0.15, 0.2) is 35.7 Å². The monoisotopic (exact) mass is 374 g/mol. The highest BCUT2D eigenvalue weighted by Crippen LogP contribution is 2.31. The van der Waals surface area contributed by atoms with Gasteiger partial charge in [-0.3, -0.25) is 10.1 Å². The average molecular weight is 375 g/mol. The minimum Gasteiger partial charge on any atom is -0.297 e. The summed E-state index contributed by atoms with van der Waals surface area (Å²) in [4.78, 5) is 19.1. The van der Waals surface area contributed by atoms with Gasteiger partial charge in [0.25, 0.3) is 5.91 Å². The van der Waals surface area contributed by atoms with Crippen LogP contribution in [0.25, 0.3) is 11.3 Å². The van der Waals surface area contributed by atoms with Gasteiger partial charge in [-0.1, -0.05) is 23.7 Å². The number of benzene rings is 1. The summed E-state index contributed by atoms with van der Waals surface area (Å²) in [6.45, 7) is 0. The first-order valence-electron chi connectivity index (χ1n) is 7.83. The zero-order chi connectivity index (χ0) is 16.5. The number of fused-ring (bicyclic) bond motifs is 1. The van der Waals surface area contributed by atoms with E-state index in [-0.39, 0.29) is 5.91 Å². The molecule has 0 bridgehead atoms. The first-order valence-corrected chi connectivity index (χ1v) is 9.91. The lowest BCUT2D eigenvalue weighted by atomic mass is 9.99. The highest BCUT2D eigenvalue weighted by atomic mass is 35.5. The Morgan fingerprint density at radius 3 is 2.75 bits per heavy atom. The molecule has 1 amide bonds. The van der Waals surface area contributed by atoms with E-state index in [1.54, 1.807) is 11.3 Å². The van der Waals surface area contributed by atoms with Gasteiger partial charge in [-0.25, -0.2) is 4.98 Å². The van der Waals surface area contributed by atoms with Crippen molar-refractivity contribution >= 4 is 45.3 Å². The Hall–Kier alpha value is -1.69. The van der Waals surface area contributed by atoms with E-state index in [4.69, 9.17) is 11.6 Å². The molecule has 0 fully saturated rings. The maximum Gasteiger partial charge on any atom is 0.267 e. The molecule has 0 unspecified atom stereocenters. The van der Waals surface area contributed by atoms with Gasteiger partial charge in [-0.05, 0) is 49.4 Å². The van der Waals surface area contributed by atoms with Gasteiger partial charge in [0.05, 0.1) is 10.6 Å². The molecule has 2 aromatic heterocycles. The van der Waals surface area contributed by atoms with Gasteiger partial charge in [-0.2, -0.15) is 0 Å². The van der Waals surface area contributed by atoms with Crippen molar-refractivity contribution in [3.05, 3.63) is 56.1 Å². The molecule has 6 heteroatoms. The third kappa shape index (κ3) is 3.24. The third-order valence-corrected chi connectivity index (χ3v) is 6.33. The number of nitrogens with zero attached hydrogens (tertiary/aromatic N) is 1. The van der Waals surface area contributed by atoms with E-state index in [1.807, 2.05) is 35.7 Å². The van der Waals surface area contributed by atoms with Crippen molar-refractivity contribution in [1.82, 2.24) is 4.98 Å². The minimum atomic E-state index is -0.0635. The molecule has 1 aromatic carbocycles. The number of aryl methyl sites for hydroxylation is 2. The zero-order valence-corrected chi connectivity index (χ0v) is 15.2. The van der Waals surface area contributed by atoms with Crippen LogP contribution in [0, 0.1) is 0 Å². The van der Waals surface area contributed by atoms with Crippen molar-refractivity contribution < 1.29 is 4.79 Å². The summed E-state index contributed by atoms with van der Waals surface area (Å²) >= 11 is 8.96. The molecule has 1 aliphatic carbocycles. The number of amides is 1. The lowest BCUT2D eigenvalue weighted by molar-refractivity contribution is 0.103. The molecule has 24 heavy (non-hydrogen) atoms. The predicted octanol–water partition coefficient (Wildman–Crippen LogP) is 5.66. The van der Waals surface area contributed by atoms with Crippen molar-refractivity contribution in [2.24, 2.45) is 0 Å². The first-order chi connectivity index (χ1) is 11.7. The fraction of sp³-hybridized carbons (Fsp3) is 0.222. The van der Waals surface area contributed by atoms with Gasteiger partial charge in [0.15, 0.2) is 5.13 Å². The molecule has 3 aromatic rings. The number of carbonyl (C=O) groups excluding carboxylic acids is 1. The van der Waals surface area contributed by atoms with Crippen LogP contribution in [-0.4, -0.2) is 10.9 Å². The molecule has 0 spiro atoms. The van der Waals surface area contributed by atoms with Gasteiger partial charge in [0.2, 0.25) is 0 Å². The standard InChI is InChI=1S/C18H15ClN2OS2/c19-13-7-5-11(6-8-13)14-10-23-18(20-14)21-17(22)16-9-12-3-1-2-4-15(12)24-16/h5-10H,1-4H2,(H,20,21,22). The molecule has 2 heterocycles. The van der Waals surface area contributed by atoms with E-state index in [1.165, 1.54) is 34.6 Å². The third-order valence-electron chi connectivity index (χ3n) is 4.09. The molecule has 0 radical (unpaired) electrons. The number of nitrogens with one attached hydrogen (secondary N) is 1. The number of hydrogen-bond donors (Lipinski definition) is 1. The predicted molar refractivity (Wildman–Crippen MR) is 101 cm³/mol. The first kappa shape index (κ1) is 15.8. The minimum absolute atomic E-state index is 0.0635. The van der Waals surface area contributed by atoms with E-state index in [9.17, 15) is 4.79 Å². The van der Waals surface area contributed by atoms with Gasteiger partial charge in [-0.15, -0.1) is 22.7 Å². The van der Waals surface area contributed by atoms with E-state index < -0.39 is 0 Å². The molecule has 0 aliphatic heterocycles. The molecule has 0 saturated carbocycles. The van der Waals surface area contributed by atoms with Gasteiger partial charge < -0.3 is 0 Å². The highest BCUT2D eigenvalue weighted by Gasteiger charge is 2.18. The number of thiophene rings is 1. The van der Waals surface area contributed by atoms with Crippen molar-refractivity contribution in [1.29, 1.82) is 0 Å². The molecule has 1 N–H and O–H groups in total. The second kappa shape index (κ2) is 6.67. The van der Waals surface area contributed by atoms with Crippen LogP contribution < -0.4 is 5.32 Å². The summed E-state index contributed by atoms with van der Waals surface area (Å²) in [6, 6.07) is 9.57. The number of thiazole rings is 1. The lowest BCUT2D eigenvalue weighted by Gasteiger charge is -2.08. The summed E-state index contributed by atoms with van der Waals surface area (Å²) in [5.41, 5.74) is 3.18. The average Bonchev–Trinajstić information content (AvgIpc) is 3.22. The quantitative estimate of drug-likeness (QED) is 0.643. The largest absolute Gasteiger partial charge is 0.297 e. The Labute approximate surface area is 153 Å². The Bertz CT molecular complexity index is 859. The maximum atomic E-state index is 12.5. The maximum absolute atomic E-state index is 12.5. The zero-order valence-electron chi connectivity index (χ0n) is 12.8. The summed E-state index contributed by atoms with van der Waals surface area (Å²) in [5, 5.41) is 6.18. The van der Waals surface area contributed by atoms with Crippen LogP contribution in [0.1, 0.15) is 33.0 Å². The van der Waals surface area contributed by atoms with Crippen LogP contribution in [0.3, 0.4) is 0 Å². The second-order valence-corrected chi connectivity index (χ2v) is 8.20. The summed E-state index contributed by atoms with van der Waals surface area (Å²) in [5.74, 6) is -0.0635. The van der Waals surface area contributed by atoms with Crippen LogP contribution in [0.5, 0.6) is 0 Å². The summed E-state index contributed by atoms with van der Waals surface area (Å²) < 4.78 is 0. The van der Waals surface area contributed by atoms with Crippen LogP contribution in [0.2, 0.25) is 5.02 Å².